The van der Waals surface area contributed by atoms with Crippen molar-refractivity contribution in [2.75, 3.05) is 13.1 Å². The first-order chi connectivity index (χ1) is 10.5. The maximum absolute atomic E-state index is 12.8. The molecule has 0 bridgehead atoms. The first kappa shape index (κ1) is 18.1. The highest BCUT2D eigenvalue weighted by Crippen LogP contribution is 2.11. The van der Waals surface area contributed by atoms with Crippen molar-refractivity contribution in [2.45, 2.75) is 40.2 Å². The number of benzene rings is 1. The van der Waals surface area contributed by atoms with Crippen LogP contribution in [0.5, 0.6) is 0 Å². The Kier molecular flexibility index (Phi) is 7.57. The van der Waals surface area contributed by atoms with Crippen LogP contribution in [0.15, 0.2) is 24.3 Å². The summed E-state index contributed by atoms with van der Waals surface area (Å²) in [7, 11) is 0. The highest BCUT2D eigenvalue weighted by atomic mass is 19.1. The van der Waals surface area contributed by atoms with Crippen LogP contribution in [0.1, 0.15) is 39.2 Å². The molecule has 0 heterocycles. The molecule has 4 nitrogen and oxygen atoms in total. The predicted molar refractivity (Wildman–Crippen MR) is 84.6 cm³/mol. The van der Waals surface area contributed by atoms with E-state index in [-0.39, 0.29) is 30.1 Å². The van der Waals surface area contributed by atoms with Crippen molar-refractivity contribution in [3.63, 3.8) is 0 Å². The molecule has 0 radical (unpaired) electrons. The molecular formula is C17H25FN2O2. The molecular weight excluding hydrogens is 283 g/mol. The molecule has 0 saturated carbocycles. The van der Waals surface area contributed by atoms with E-state index in [9.17, 15) is 14.0 Å². The molecule has 1 aromatic rings. The molecule has 1 N–H and O–H groups in total. The Balaban J connectivity index is 2.51. The molecule has 2 amide bonds. The van der Waals surface area contributed by atoms with E-state index in [4.69, 9.17) is 0 Å². The second-order valence-electron chi connectivity index (χ2n) is 5.27. The van der Waals surface area contributed by atoms with Crippen molar-refractivity contribution in [3.05, 3.63) is 35.6 Å². The normalized spacial score (nSPS) is 10.6. The highest BCUT2D eigenvalue weighted by Gasteiger charge is 2.21. The first-order valence-corrected chi connectivity index (χ1v) is 7.81. The number of carbonyl (C=O) groups excluding carboxylic acids is 2. The summed E-state index contributed by atoms with van der Waals surface area (Å²) < 4.78 is 12.8. The third-order valence-corrected chi connectivity index (χ3v) is 3.77. The largest absolute Gasteiger partial charge is 0.350 e. The number of rotatable bonds is 8. The fourth-order valence-electron chi connectivity index (χ4n) is 2.27. The van der Waals surface area contributed by atoms with Crippen LogP contribution in [0, 0.1) is 11.7 Å². The lowest BCUT2D eigenvalue weighted by molar-refractivity contribution is -0.139. The smallest absolute Gasteiger partial charge is 0.239 e. The summed E-state index contributed by atoms with van der Waals surface area (Å²) in [5.74, 6) is -0.497. The Morgan fingerprint density at radius 3 is 2.23 bits per heavy atom. The summed E-state index contributed by atoms with van der Waals surface area (Å²) in [5.41, 5.74) is 0.823. The van der Waals surface area contributed by atoms with Crippen LogP contribution < -0.4 is 5.32 Å². The number of hydrogen-bond donors (Lipinski definition) is 1. The summed E-state index contributed by atoms with van der Waals surface area (Å²) in [6.07, 6.45) is 1.56. The van der Waals surface area contributed by atoms with Crippen molar-refractivity contribution in [1.82, 2.24) is 10.2 Å². The second kappa shape index (κ2) is 9.18. The molecule has 5 heteroatoms. The van der Waals surface area contributed by atoms with Crippen LogP contribution in [0.4, 0.5) is 4.39 Å². The summed E-state index contributed by atoms with van der Waals surface area (Å²) in [6, 6.07) is 5.97. The van der Waals surface area contributed by atoms with E-state index in [1.54, 1.807) is 17.0 Å². The minimum Gasteiger partial charge on any atom is -0.350 e. The van der Waals surface area contributed by atoms with Crippen LogP contribution in [0.3, 0.4) is 0 Å². The fourth-order valence-corrected chi connectivity index (χ4v) is 2.27. The molecule has 0 unspecified atom stereocenters. The summed E-state index contributed by atoms with van der Waals surface area (Å²) in [5, 5.41) is 2.76. The van der Waals surface area contributed by atoms with Crippen molar-refractivity contribution < 1.29 is 14.0 Å². The Labute approximate surface area is 131 Å². The van der Waals surface area contributed by atoms with Crippen molar-refractivity contribution in [3.8, 4) is 0 Å². The molecule has 0 atom stereocenters. The number of nitrogens with zero attached hydrogens (tertiary/aromatic N) is 1. The summed E-state index contributed by atoms with van der Waals surface area (Å²) in [6.45, 7) is 6.73. The van der Waals surface area contributed by atoms with Gasteiger partial charge < -0.3 is 10.2 Å². The number of likely N-dealkylation sites (N-methyl/N-ethyl adjacent to an activating group) is 1. The van der Waals surface area contributed by atoms with Gasteiger partial charge in [-0.2, -0.15) is 0 Å². The number of nitrogens with one attached hydrogen (secondary N) is 1. The van der Waals surface area contributed by atoms with E-state index >= 15 is 0 Å². The Hall–Kier alpha value is -1.91. The van der Waals surface area contributed by atoms with E-state index in [1.165, 1.54) is 12.1 Å². The van der Waals surface area contributed by atoms with Crippen LogP contribution in [-0.2, 0) is 16.1 Å². The number of amides is 2. The molecule has 1 aromatic carbocycles. The monoisotopic (exact) mass is 308 g/mol. The topological polar surface area (TPSA) is 49.4 Å². The molecule has 0 fully saturated rings. The minimum absolute atomic E-state index is 0.0233. The van der Waals surface area contributed by atoms with E-state index < -0.39 is 0 Å². The Bertz CT molecular complexity index is 484. The minimum atomic E-state index is -0.303. The van der Waals surface area contributed by atoms with Crippen molar-refractivity contribution in [2.24, 2.45) is 5.92 Å². The van der Waals surface area contributed by atoms with Crippen LogP contribution in [0.25, 0.3) is 0 Å². The van der Waals surface area contributed by atoms with Crippen molar-refractivity contribution >= 4 is 11.8 Å². The summed E-state index contributed by atoms with van der Waals surface area (Å²) in [4.78, 5) is 25.8. The van der Waals surface area contributed by atoms with Gasteiger partial charge in [0.15, 0.2) is 0 Å². The zero-order chi connectivity index (χ0) is 16.5. The first-order valence-electron chi connectivity index (χ1n) is 7.81. The van der Waals surface area contributed by atoms with Gasteiger partial charge in [0.25, 0.3) is 0 Å². The Morgan fingerprint density at radius 1 is 1.14 bits per heavy atom. The molecule has 0 aromatic heterocycles. The van der Waals surface area contributed by atoms with Gasteiger partial charge in [0.05, 0.1) is 6.54 Å². The summed E-state index contributed by atoms with van der Waals surface area (Å²) >= 11 is 0. The predicted octanol–water partition coefficient (Wildman–Crippen LogP) is 2.73. The number of hydrogen-bond acceptors (Lipinski definition) is 2. The maximum atomic E-state index is 12.8. The maximum Gasteiger partial charge on any atom is 0.239 e. The van der Waals surface area contributed by atoms with Gasteiger partial charge in [-0.1, -0.05) is 26.0 Å². The van der Waals surface area contributed by atoms with E-state index in [2.05, 4.69) is 5.32 Å². The van der Waals surface area contributed by atoms with Gasteiger partial charge in [-0.3, -0.25) is 9.59 Å². The lowest BCUT2D eigenvalue weighted by Gasteiger charge is -2.24. The number of halogens is 1. The average molecular weight is 308 g/mol. The molecule has 0 aliphatic carbocycles. The van der Waals surface area contributed by atoms with Crippen LogP contribution >= 0.6 is 0 Å². The van der Waals surface area contributed by atoms with Crippen molar-refractivity contribution in [1.29, 1.82) is 0 Å². The fraction of sp³-hybridized carbons (Fsp3) is 0.529. The van der Waals surface area contributed by atoms with E-state index in [1.807, 2.05) is 20.8 Å². The van der Waals surface area contributed by atoms with Gasteiger partial charge >= 0.3 is 0 Å². The third-order valence-electron chi connectivity index (χ3n) is 3.77. The SMILES string of the molecule is CCC(CC)C(=O)N(CC)CC(=O)NCc1ccc(F)cc1. The molecule has 0 aliphatic heterocycles. The van der Waals surface area contributed by atoms with Gasteiger partial charge in [0.1, 0.15) is 5.82 Å². The second-order valence-corrected chi connectivity index (χ2v) is 5.27. The standard InChI is InChI=1S/C17H25FN2O2/c1-4-14(5-2)17(22)20(6-3)12-16(21)19-11-13-7-9-15(18)10-8-13/h7-10,14H,4-6,11-12H2,1-3H3,(H,19,21). The lowest BCUT2D eigenvalue weighted by Crippen LogP contribution is -2.42. The quantitative estimate of drug-likeness (QED) is 0.803. The zero-order valence-corrected chi connectivity index (χ0v) is 13.6. The van der Waals surface area contributed by atoms with Gasteiger partial charge in [-0.25, -0.2) is 4.39 Å². The van der Waals surface area contributed by atoms with Crippen LogP contribution in [-0.4, -0.2) is 29.8 Å². The number of carbonyl (C=O) groups is 2. The molecule has 122 valence electrons. The van der Waals surface area contributed by atoms with Gasteiger partial charge in [0.2, 0.25) is 11.8 Å². The van der Waals surface area contributed by atoms with Gasteiger partial charge in [-0.15, -0.1) is 0 Å². The molecule has 0 spiro atoms. The van der Waals surface area contributed by atoms with Gasteiger partial charge in [0, 0.05) is 19.0 Å². The zero-order valence-electron chi connectivity index (χ0n) is 13.6. The van der Waals surface area contributed by atoms with Gasteiger partial charge in [-0.05, 0) is 37.5 Å². The molecule has 22 heavy (non-hydrogen) atoms. The molecule has 0 aliphatic rings. The van der Waals surface area contributed by atoms with E-state index in [0.717, 1.165) is 18.4 Å². The average Bonchev–Trinajstić information content (AvgIpc) is 2.53. The third kappa shape index (κ3) is 5.47. The Morgan fingerprint density at radius 2 is 1.73 bits per heavy atom. The molecule has 1 rings (SSSR count). The lowest BCUT2D eigenvalue weighted by atomic mass is 10.0. The highest BCUT2D eigenvalue weighted by molar-refractivity contribution is 5.85. The molecule has 0 saturated heterocycles. The van der Waals surface area contributed by atoms with E-state index in [0.29, 0.717) is 13.1 Å². The van der Waals surface area contributed by atoms with Crippen LogP contribution in [0.2, 0.25) is 0 Å².